The van der Waals surface area contributed by atoms with Crippen LogP contribution in [0.25, 0.3) is 0 Å². The minimum Gasteiger partial charge on any atom is -0.495 e. The van der Waals surface area contributed by atoms with E-state index in [1.807, 2.05) is 12.1 Å². The zero-order valence-corrected chi connectivity index (χ0v) is 15.6. The van der Waals surface area contributed by atoms with E-state index in [1.165, 1.54) is 7.11 Å². The lowest BCUT2D eigenvalue weighted by Gasteiger charge is -2.20. The lowest BCUT2D eigenvalue weighted by molar-refractivity contribution is -0.145. The summed E-state index contributed by atoms with van der Waals surface area (Å²) in [6, 6.07) is 12.7. The number of carboxylic acid groups (broad SMARTS) is 1. The maximum Gasteiger partial charge on any atom is 0.345 e. The van der Waals surface area contributed by atoms with Crippen molar-refractivity contribution in [3.63, 3.8) is 0 Å². The Morgan fingerprint density at radius 2 is 1.80 bits per heavy atom. The highest BCUT2D eigenvalue weighted by Crippen LogP contribution is 2.27. The van der Waals surface area contributed by atoms with Gasteiger partial charge in [-0.05, 0) is 40.8 Å². The van der Waals surface area contributed by atoms with Crippen LogP contribution in [0.4, 0.5) is 0 Å². The lowest BCUT2D eigenvalue weighted by atomic mass is 9.87. The molecule has 1 N–H and O–H groups in total. The Morgan fingerprint density at radius 3 is 2.28 bits per heavy atom. The molecule has 0 saturated heterocycles. The first-order valence-electron chi connectivity index (χ1n) is 8.03. The third-order valence-electron chi connectivity index (χ3n) is 3.91. The molecule has 1 atom stereocenters. The minimum atomic E-state index is -1.02. The molecule has 0 fully saturated rings. The van der Waals surface area contributed by atoms with Gasteiger partial charge in [-0.3, -0.25) is 0 Å². The van der Waals surface area contributed by atoms with Crippen molar-refractivity contribution in [1.82, 2.24) is 0 Å². The van der Waals surface area contributed by atoms with Gasteiger partial charge >= 0.3 is 5.97 Å². The maximum absolute atomic E-state index is 11.6. The summed E-state index contributed by atoms with van der Waals surface area (Å²) in [4.78, 5) is 11.6. The van der Waals surface area contributed by atoms with Crippen molar-refractivity contribution in [2.75, 3.05) is 7.11 Å². The molecule has 2 aromatic carbocycles. The van der Waals surface area contributed by atoms with Gasteiger partial charge in [0.25, 0.3) is 0 Å². The van der Waals surface area contributed by atoms with Gasteiger partial charge in [0.05, 0.1) is 12.1 Å². The first-order chi connectivity index (χ1) is 11.7. The summed E-state index contributed by atoms with van der Waals surface area (Å²) < 4.78 is 10.8. The Kier molecular flexibility index (Phi) is 5.96. The number of halogens is 1. The summed E-state index contributed by atoms with van der Waals surface area (Å²) in [5, 5.41) is 9.91. The van der Waals surface area contributed by atoms with Crippen LogP contribution >= 0.6 is 11.6 Å². The van der Waals surface area contributed by atoms with E-state index >= 15 is 0 Å². The van der Waals surface area contributed by atoms with Gasteiger partial charge in [0.1, 0.15) is 11.5 Å². The fourth-order valence-corrected chi connectivity index (χ4v) is 2.71. The molecule has 2 rings (SSSR count). The summed E-state index contributed by atoms with van der Waals surface area (Å²) in [5.74, 6) is 0.0582. The SMILES string of the molecule is COc1ccc(C[C@@H](Oc2ccc(C(C)(C)C)cc2)C(=O)O)cc1Cl. The molecule has 4 nitrogen and oxygen atoms in total. The summed E-state index contributed by atoms with van der Waals surface area (Å²) in [6.45, 7) is 6.36. The second-order valence-corrected chi connectivity index (χ2v) is 7.30. The molecule has 0 saturated carbocycles. The molecule has 0 spiro atoms. The Morgan fingerprint density at radius 1 is 1.16 bits per heavy atom. The summed E-state index contributed by atoms with van der Waals surface area (Å²) in [5.41, 5.74) is 1.96. The van der Waals surface area contributed by atoms with E-state index in [9.17, 15) is 9.90 Å². The molecule has 0 aliphatic carbocycles. The predicted molar refractivity (Wildman–Crippen MR) is 98.9 cm³/mol. The standard InChI is InChI=1S/C20H23ClO4/c1-20(2,3)14-6-8-15(9-7-14)25-18(19(22)23)12-13-5-10-17(24-4)16(21)11-13/h5-11,18H,12H2,1-4H3,(H,22,23)/t18-/m1/s1. The number of carboxylic acids is 1. The molecular formula is C20H23ClO4. The van der Waals surface area contributed by atoms with Gasteiger partial charge in [-0.1, -0.05) is 50.6 Å². The zero-order chi connectivity index (χ0) is 18.6. The molecule has 0 aliphatic heterocycles. The van der Waals surface area contributed by atoms with Crippen LogP contribution in [0.3, 0.4) is 0 Å². The van der Waals surface area contributed by atoms with Crippen molar-refractivity contribution in [1.29, 1.82) is 0 Å². The highest BCUT2D eigenvalue weighted by molar-refractivity contribution is 6.32. The first kappa shape index (κ1) is 19.1. The number of benzene rings is 2. The molecule has 0 amide bonds. The summed E-state index contributed by atoms with van der Waals surface area (Å²) in [7, 11) is 1.53. The zero-order valence-electron chi connectivity index (χ0n) is 14.9. The number of methoxy groups -OCH3 is 1. The molecular weight excluding hydrogens is 340 g/mol. The molecule has 0 heterocycles. The van der Waals surface area contributed by atoms with E-state index in [0.717, 1.165) is 11.1 Å². The van der Waals surface area contributed by atoms with Gasteiger partial charge in [0.15, 0.2) is 6.10 Å². The van der Waals surface area contributed by atoms with Crippen molar-refractivity contribution in [2.45, 2.75) is 38.7 Å². The van der Waals surface area contributed by atoms with Crippen molar-refractivity contribution < 1.29 is 19.4 Å². The Bertz CT molecular complexity index is 732. The molecule has 134 valence electrons. The number of hydrogen-bond acceptors (Lipinski definition) is 3. The second-order valence-electron chi connectivity index (χ2n) is 6.89. The van der Waals surface area contributed by atoms with Crippen molar-refractivity contribution in [2.24, 2.45) is 0 Å². The van der Waals surface area contributed by atoms with E-state index in [2.05, 4.69) is 20.8 Å². The van der Waals surface area contributed by atoms with Gasteiger partial charge in [-0.2, -0.15) is 0 Å². The van der Waals surface area contributed by atoms with Crippen molar-refractivity contribution in [3.8, 4) is 11.5 Å². The summed E-state index contributed by atoms with van der Waals surface area (Å²) >= 11 is 6.10. The minimum absolute atomic E-state index is 0.0323. The molecule has 0 aliphatic rings. The van der Waals surface area contributed by atoms with Crippen LogP contribution in [0.1, 0.15) is 31.9 Å². The first-order valence-corrected chi connectivity index (χ1v) is 8.41. The van der Waals surface area contributed by atoms with Crippen LogP contribution < -0.4 is 9.47 Å². The van der Waals surface area contributed by atoms with Crippen molar-refractivity contribution >= 4 is 17.6 Å². The van der Waals surface area contributed by atoms with Crippen molar-refractivity contribution in [3.05, 3.63) is 58.6 Å². The number of hydrogen-bond donors (Lipinski definition) is 1. The maximum atomic E-state index is 11.6. The van der Waals surface area contributed by atoms with Crippen LogP contribution in [0.15, 0.2) is 42.5 Å². The predicted octanol–water partition coefficient (Wildman–Crippen LogP) is 4.72. The molecule has 0 unspecified atom stereocenters. The average Bonchev–Trinajstić information content (AvgIpc) is 2.54. The van der Waals surface area contributed by atoms with Gasteiger partial charge < -0.3 is 14.6 Å². The molecule has 2 aromatic rings. The topological polar surface area (TPSA) is 55.8 Å². The number of aliphatic carboxylic acids is 1. The highest BCUT2D eigenvalue weighted by Gasteiger charge is 2.21. The highest BCUT2D eigenvalue weighted by atomic mass is 35.5. The van der Waals surface area contributed by atoms with Gasteiger partial charge in [0, 0.05) is 6.42 Å². The smallest absolute Gasteiger partial charge is 0.345 e. The summed E-state index contributed by atoms with van der Waals surface area (Å²) in [6.07, 6.45) is -0.787. The Hall–Kier alpha value is -2.20. The number of carbonyl (C=O) groups is 1. The fraction of sp³-hybridized carbons (Fsp3) is 0.350. The number of rotatable bonds is 6. The van der Waals surface area contributed by atoms with Gasteiger partial charge in [0.2, 0.25) is 0 Å². The Labute approximate surface area is 153 Å². The van der Waals surface area contributed by atoms with E-state index in [1.54, 1.807) is 30.3 Å². The third kappa shape index (κ3) is 5.13. The molecule has 5 heteroatoms. The third-order valence-corrected chi connectivity index (χ3v) is 4.21. The van der Waals surface area contributed by atoms with Crippen LogP contribution in [0.2, 0.25) is 5.02 Å². The van der Waals surface area contributed by atoms with Gasteiger partial charge in [-0.25, -0.2) is 4.79 Å². The largest absolute Gasteiger partial charge is 0.495 e. The number of ether oxygens (including phenoxy) is 2. The molecule has 0 bridgehead atoms. The normalized spacial score (nSPS) is 12.5. The van der Waals surface area contributed by atoms with Crippen LogP contribution in [-0.4, -0.2) is 24.3 Å². The molecule has 0 radical (unpaired) electrons. The quantitative estimate of drug-likeness (QED) is 0.807. The monoisotopic (exact) mass is 362 g/mol. The van der Waals surface area contributed by atoms with Crippen LogP contribution in [-0.2, 0) is 16.6 Å². The van der Waals surface area contributed by atoms with E-state index in [4.69, 9.17) is 21.1 Å². The van der Waals surface area contributed by atoms with Gasteiger partial charge in [-0.15, -0.1) is 0 Å². The van der Waals surface area contributed by atoms with E-state index in [-0.39, 0.29) is 11.8 Å². The van der Waals surface area contributed by atoms with E-state index in [0.29, 0.717) is 16.5 Å². The average molecular weight is 363 g/mol. The van der Waals surface area contributed by atoms with Crippen LogP contribution in [0, 0.1) is 0 Å². The van der Waals surface area contributed by atoms with Crippen LogP contribution in [0.5, 0.6) is 11.5 Å². The van der Waals surface area contributed by atoms with E-state index < -0.39 is 12.1 Å². The Balaban J connectivity index is 2.13. The molecule has 25 heavy (non-hydrogen) atoms. The molecule has 0 aromatic heterocycles. The second kappa shape index (κ2) is 7.79. The fourth-order valence-electron chi connectivity index (χ4n) is 2.43. The lowest BCUT2D eigenvalue weighted by Crippen LogP contribution is -2.29.